The highest BCUT2D eigenvalue weighted by atomic mass is 32.2. The average Bonchev–Trinajstić information content (AvgIpc) is 3.26. The van der Waals surface area contributed by atoms with E-state index >= 15 is 0 Å². The highest BCUT2D eigenvalue weighted by Gasteiger charge is 2.40. The number of aryl methyl sites for hydroxylation is 1. The molecule has 1 aromatic carbocycles. The number of anilines is 1. The number of nitrogens with two attached hydrogens (primary N) is 1. The van der Waals surface area contributed by atoms with Crippen LogP contribution in [0.3, 0.4) is 0 Å². The Hall–Kier alpha value is -2.60. The van der Waals surface area contributed by atoms with Gasteiger partial charge in [0.05, 0.1) is 17.8 Å². The van der Waals surface area contributed by atoms with Gasteiger partial charge in [0.1, 0.15) is 30.3 Å². The molecule has 148 valence electrons. The molecule has 4 rings (SSSR count). The number of aliphatic hydroxyl groups excluding tert-OH is 1. The summed E-state index contributed by atoms with van der Waals surface area (Å²) in [7, 11) is -4.01. The summed E-state index contributed by atoms with van der Waals surface area (Å²) in [4.78, 5) is 12.3. The number of fused-ring (bicyclic) bond motifs is 1. The van der Waals surface area contributed by atoms with Crippen LogP contribution >= 0.6 is 0 Å². The van der Waals surface area contributed by atoms with Crippen molar-refractivity contribution in [2.75, 3.05) is 12.3 Å². The minimum absolute atomic E-state index is 0.0480. The summed E-state index contributed by atoms with van der Waals surface area (Å²) in [6.45, 7) is 1.47. The van der Waals surface area contributed by atoms with Gasteiger partial charge in [-0.05, 0) is 19.1 Å². The van der Waals surface area contributed by atoms with Crippen molar-refractivity contribution in [3.05, 3.63) is 42.5 Å². The minimum atomic E-state index is -4.01. The molecule has 3 aromatic rings. The van der Waals surface area contributed by atoms with E-state index in [0.29, 0.717) is 11.2 Å². The van der Waals surface area contributed by atoms with Crippen LogP contribution in [0.15, 0.2) is 41.8 Å². The monoisotopic (exact) mass is 405 g/mol. The van der Waals surface area contributed by atoms with Crippen LogP contribution in [0, 0.1) is 6.92 Å². The maximum absolute atomic E-state index is 12.6. The Morgan fingerprint density at radius 3 is 2.75 bits per heavy atom. The second-order valence-electron chi connectivity index (χ2n) is 6.53. The van der Waals surface area contributed by atoms with Gasteiger partial charge in [0, 0.05) is 6.42 Å². The second kappa shape index (κ2) is 7.09. The van der Waals surface area contributed by atoms with Crippen LogP contribution in [0.2, 0.25) is 0 Å². The van der Waals surface area contributed by atoms with Crippen LogP contribution in [0.25, 0.3) is 11.2 Å². The molecule has 3 heterocycles. The molecule has 0 unspecified atom stereocenters. The fraction of sp³-hybridized carbons (Fsp3) is 0.353. The van der Waals surface area contributed by atoms with Crippen molar-refractivity contribution in [3.63, 3.8) is 0 Å². The van der Waals surface area contributed by atoms with E-state index in [1.54, 1.807) is 16.7 Å². The summed E-state index contributed by atoms with van der Waals surface area (Å²) in [6, 6.07) is 6.34. The first kappa shape index (κ1) is 18.7. The third-order valence-electron chi connectivity index (χ3n) is 4.62. The normalized spacial score (nSPS) is 22.7. The van der Waals surface area contributed by atoms with Crippen molar-refractivity contribution >= 4 is 27.1 Å². The van der Waals surface area contributed by atoms with E-state index in [4.69, 9.17) is 14.7 Å². The maximum Gasteiger partial charge on any atom is 0.297 e. The molecule has 0 bridgehead atoms. The molecule has 10 nitrogen and oxygen atoms in total. The van der Waals surface area contributed by atoms with Crippen molar-refractivity contribution in [1.82, 2.24) is 19.5 Å². The molecule has 1 aliphatic rings. The van der Waals surface area contributed by atoms with E-state index < -0.39 is 35.2 Å². The molecule has 3 N–H and O–H groups in total. The highest BCUT2D eigenvalue weighted by molar-refractivity contribution is 7.86. The van der Waals surface area contributed by atoms with Crippen molar-refractivity contribution < 1.29 is 22.4 Å². The minimum Gasteiger partial charge on any atom is -0.394 e. The molecule has 3 atom stereocenters. The van der Waals surface area contributed by atoms with Crippen LogP contribution < -0.4 is 5.73 Å². The SMILES string of the molecule is Cc1ccc(S(=O)(=O)O[C@H]2C[C@H](n3cnc4c(N)ncnc43)O[C@@H]2CO)cc1. The van der Waals surface area contributed by atoms with Crippen LogP contribution in [0.5, 0.6) is 0 Å². The zero-order valence-corrected chi connectivity index (χ0v) is 15.8. The molecule has 28 heavy (non-hydrogen) atoms. The van der Waals surface area contributed by atoms with Gasteiger partial charge in [-0.25, -0.2) is 15.0 Å². The zero-order valence-electron chi connectivity index (χ0n) is 15.0. The van der Waals surface area contributed by atoms with Crippen LogP contribution in [-0.4, -0.2) is 51.9 Å². The van der Waals surface area contributed by atoms with Gasteiger partial charge in [-0.2, -0.15) is 8.42 Å². The van der Waals surface area contributed by atoms with Gasteiger partial charge >= 0.3 is 0 Å². The zero-order chi connectivity index (χ0) is 19.9. The smallest absolute Gasteiger partial charge is 0.297 e. The molecule has 1 saturated heterocycles. The quantitative estimate of drug-likeness (QED) is 0.588. The molecule has 1 fully saturated rings. The standard InChI is InChI=1S/C17H19N5O5S/c1-10-2-4-11(5-3-10)28(24,25)27-12-6-14(26-13(12)7-23)22-9-21-15-16(18)19-8-20-17(15)22/h2-5,8-9,12-14,23H,6-7H2,1H3,(H2,18,19,20)/t12-,13+,14+/m0/s1. The van der Waals surface area contributed by atoms with Crippen LogP contribution in [-0.2, 0) is 19.0 Å². The number of hydrogen-bond donors (Lipinski definition) is 2. The Labute approximate surface area is 161 Å². The third-order valence-corrected chi connectivity index (χ3v) is 5.97. The number of nitrogens with zero attached hydrogens (tertiary/aromatic N) is 4. The van der Waals surface area contributed by atoms with Crippen molar-refractivity contribution in [1.29, 1.82) is 0 Å². The summed E-state index contributed by atoms with van der Waals surface area (Å²) < 4.78 is 38.0. The Bertz CT molecular complexity index is 1100. The van der Waals surface area contributed by atoms with Crippen molar-refractivity contribution in [3.8, 4) is 0 Å². The van der Waals surface area contributed by atoms with Gasteiger partial charge in [-0.1, -0.05) is 17.7 Å². The Morgan fingerprint density at radius 2 is 2.04 bits per heavy atom. The second-order valence-corrected chi connectivity index (χ2v) is 8.10. The number of benzene rings is 1. The first-order valence-corrected chi connectivity index (χ1v) is 9.99. The molecule has 0 radical (unpaired) electrons. The topological polar surface area (TPSA) is 142 Å². The number of rotatable bonds is 5. The Kier molecular flexibility index (Phi) is 4.75. The number of ether oxygens (including phenoxy) is 1. The summed E-state index contributed by atoms with van der Waals surface area (Å²) >= 11 is 0. The predicted octanol–water partition coefficient (Wildman–Crippen LogP) is 0.771. The Morgan fingerprint density at radius 1 is 1.29 bits per heavy atom. The summed E-state index contributed by atoms with van der Waals surface area (Å²) in [6.07, 6.45) is 0.691. The summed E-state index contributed by atoms with van der Waals surface area (Å²) in [5, 5.41) is 9.64. The number of hydrogen-bond acceptors (Lipinski definition) is 9. The largest absolute Gasteiger partial charge is 0.394 e. The fourth-order valence-electron chi connectivity index (χ4n) is 3.14. The predicted molar refractivity (Wildman–Crippen MR) is 98.6 cm³/mol. The highest BCUT2D eigenvalue weighted by Crippen LogP contribution is 2.34. The number of nitrogen functional groups attached to an aromatic ring is 1. The van der Waals surface area contributed by atoms with Crippen LogP contribution in [0.4, 0.5) is 5.82 Å². The number of aromatic nitrogens is 4. The molecule has 11 heteroatoms. The molecule has 0 spiro atoms. The van der Waals surface area contributed by atoms with Crippen molar-refractivity contribution in [2.45, 2.75) is 36.7 Å². The van der Waals surface area contributed by atoms with Crippen molar-refractivity contribution in [2.24, 2.45) is 0 Å². The van der Waals surface area contributed by atoms with E-state index in [9.17, 15) is 13.5 Å². The number of aliphatic hydroxyl groups is 1. The summed E-state index contributed by atoms with van der Waals surface area (Å²) in [5.41, 5.74) is 7.60. The van der Waals surface area contributed by atoms with E-state index in [1.807, 2.05) is 6.92 Å². The molecular formula is C17H19N5O5S. The fourth-order valence-corrected chi connectivity index (χ4v) is 4.25. The molecular weight excluding hydrogens is 386 g/mol. The molecule has 2 aromatic heterocycles. The number of imidazole rings is 1. The molecule has 0 amide bonds. The first-order valence-electron chi connectivity index (χ1n) is 8.58. The first-order chi connectivity index (χ1) is 13.4. The van der Waals surface area contributed by atoms with E-state index in [1.165, 1.54) is 24.8 Å². The lowest BCUT2D eigenvalue weighted by molar-refractivity contribution is -0.0384. The van der Waals surface area contributed by atoms with E-state index in [2.05, 4.69) is 15.0 Å². The lowest BCUT2D eigenvalue weighted by Crippen LogP contribution is -2.30. The lowest BCUT2D eigenvalue weighted by atomic mass is 10.2. The van der Waals surface area contributed by atoms with Gasteiger partial charge in [-0.15, -0.1) is 0 Å². The average molecular weight is 405 g/mol. The lowest BCUT2D eigenvalue weighted by Gasteiger charge is -2.16. The maximum atomic E-state index is 12.6. The van der Waals surface area contributed by atoms with Gasteiger partial charge in [0.2, 0.25) is 0 Å². The van der Waals surface area contributed by atoms with Gasteiger partial charge in [0.15, 0.2) is 11.5 Å². The molecule has 0 aliphatic carbocycles. The Balaban J connectivity index is 1.59. The van der Waals surface area contributed by atoms with E-state index in [0.717, 1.165) is 5.56 Å². The third kappa shape index (κ3) is 3.33. The van der Waals surface area contributed by atoms with Gasteiger partial charge < -0.3 is 15.6 Å². The van der Waals surface area contributed by atoms with Gasteiger partial charge in [0.25, 0.3) is 10.1 Å². The molecule has 0 saturated carbocycles. The summed E-state index contributed by atoms with van der Waals surface area (Å²) in [5.74, 6) is 0.232. The molecule has 1 aliphatic heterocycles. The van der Waals surface area contributed by atoms with Gasteiger partial charge in [-0.3, -0.25) is 8.75 Å². The van der Waals surface area contributed by atoms with Crippen LogP contribution in [0.1, 0.15) is 18.2 Å². The van der Waals surface area contributed by atoms with E-state index in [-0.39, 0.29) is 17.1 Å².